The van der Waals surface area contributed by atoms with Crippen molar-refractivity contribution in [1.29, 1.82) is 0 Å². The standard InChI is InChI=1S/C19H19NO5/c1-20(22)14-3-10-5-16(21)17(23-2)7-12(10)15(20)4-11-6-18-19(8-13(11)14)25-9-24-18/h5-8,14-15,21H,3-4,9H2,1-2H3/t14-,15-,20+/m0/s1. The highest BCUT2D eigenvalue weighted by Crippen LogP contribution is 2.54. The number of aromatic hydroxyl groups is 1. The summed E-state index contributed by atoms with van der Waals surface area (Å²) in [6, 6.07) is 7.09. The number of hydroxylamine groups is 3. The molecule has 6 nitrogen and oxygen atoms in total. The summed E-state index contributed by atoms with van der Waals surface area (Å²) in [6.07, 6.45) is 1.21. The second-order valence-corrected chi connectivity index (χ2v) is 7.13. The minimum Gasteiger partial charge on any atom is -0.632 e. The van der Waals surface area contributed by atoms with E-state index in [1.54, 1.807) is 13.1 Å². The van der Waals surface area contributed by atoms with E-state index in [0.29, 0.717) is 24.3 Å². The Hall–Kier alpha value is -2.44. The molecule has 0 aliphatic carbocycles. The van der Waals surface area contributed by atoms with Crippen molar-refractivity contribution in [3.8, 4) is 23.0 Å². The fraction of sp³-hybridized carbons (Fsp3) is 0.368. The van der Waals surface area contributed by atoms with E-state index in [-0.39, 0.29) is 29.3 Å². The third-order valence-electron chi connectivity index (χ3n) is 5.86. The van der Waals surface area contributed by atoms with Gasteiger partial charge in [0.2, 0.25) is 6.79 Å². The minimum absolute atomic E-state index is 0.118. The number of hydrogen-bond acceptors (Lipinski definition) is 5. The fourth-order valence-corrected chi connectivity index (χ4v) is 4.53. The fourth-order valence-electron chi connectivity index (χ4n) is 4.53. The number of rotatable bonds is 1. The Morgan fingerprint density at radius 3 is 2.32 bits per heavy atom. The first kappa shape index (κ1) is 14.9. The predicted molar refractivity (Wildman–Crippen MR) is 89.7 cm³/mol. The molecule has 0 fully saturated rings. The van der Waals surface area contributed by atoms with Gasteiger partial charge in [-0.25, -0.2) is 0 Å². The highest BCUT2D eigenvalue weighted by Gasteiger charge is 2.47. The average Bonchev–Trinajstić information content (AvgIpc) is 3.02. The van der Waals surface area contributed by atoms with Crippen LogP contribution in [-0.2, 0) is 12.8 Å². The third kappa shape index (κ3) is 1.92. The van der Waals surface area contributed by atoms with Crippen LogP contribution in [0.1, 0.15) is 34.3 Å². The maximum Gasteiger partial charge on any atom is 0.231 e. The van der Waals surface area contributed by atoms with E-state index in [0.717, 1.165) is 28.0 Å². The smallest absolute Gasteiger partial charge is 0.231 e. The zero-order valence-electron chi connectivity index (χ0n) is 14.1. The van der Waals surface area contributed by atoms with E-state index in [2.05, 4.69) is 0 Å². The van der Waals surface area contributed by atoms with Gasteiger partial charge in [-0.15, -0.1) is 0 Å². The van der Waals surface area contributed by atoms with E-state index in [4.69, 9.17) is 14.2 Å². The normalized spacial score (nSPS) is 28.3. The maximum atomic E-state index is 13.5. The number of ether oxygens (including phenoxy) is 3. The molecule has 1 N–H and O–H groups in total. The molecule has 25 heavy (non-hydrogen) atoms. The number of phenolic OH excluding ortho intramolecular Hbond substituents is 1. The molecule has 3 aliphatic rings. The van der Waals surface area contributed by atoms with Gasteiger partial charge in [0.1, 0.15) is 12.1 Å². The molecular formula is C19H19NO5. The largest absolute Gasteiger partial charge is 0.632 e. The van der Waals surface area contributed by atoms with Crippen LogP contribution in [0.4, 0.5) is 0 Å². The summed E-state index contributed by atoms with van der Waals surface area (Å²) in [7, 11) is 3.26. The van der Waals surface area contributed by atoms with Crippen molar-refractivity contribution in [2.75, 3.05) is 21.0 Å². The topological polar surface area (TPSA) is 71.0 Å². The van der Waals surface area contributed by atoms with Crippen LogP contribution in [0.2, 0.25) is 0 Å². The van der Waals surface area contributed by atoms with Crippen molar-refractivity contribution in [2.45, 2.75) is 24.9 Å². The van der Waals surface area contributed by atoms with Crippen molar-refractivity contribution in [3.63, 3.8) is 0 Å². The number of hydrogen-bond donors (Lipinski definition) is 1. The molecule has 5 rings (SSSR count). The molecule has 2 bridgehead atoms. The van der Waals surface area contributed by atoms with E-state index in [9.17, 15) is 10.3 Å². The second kappa shape index (κ2) is 4.80. The Morgan fingerprint density at radius 2 is 1.64 bits per heavy atom. The van der Waals surface area contributed by atoms with Gasteiger partial charge in [-0.3, -0.25) is 0 Å². The number of benzene rings is 2. The molecule has 0 radical (unpaired) electrons. The average molecular weight is 341 g/mol. The number of nitrogens with zero attached hydrogens (tertiary/aromatic N) is 1. The lowest BCUT2D eigenvalue weighted by atomic mass is 9.76. The number of likely N-dealkylation sites (N-methyl/N-ethyl adjacent to an activating group) is 1. The number of methoxy groups -OCH3 is 1. The summed E-state index contributed by atoms with van der Waals surface area (Å²) in [4.78, 5) is 0. The minimum atomic E-state index is -0.354. The van der Waals surface area contributed by atoms with Crippen molar-refractivity contribution in [2.24, 2.45) is 0 Å². The molecule has 3 heterocycles. The molecule has 3 aliphatic heterocycles. The predicted octanol–water partition coefficient (Wildman–Crippen LogP) is 2.97. The molecule has 0 saturated carbocycles. The second-order valence-electron chi connectivity index (χ2n) is 7.13. The monoisotopic (exact) mass is 341 g/mol. The Balaban J connectivity index is 1.69. The highest BCUT2D eigenvalue weighted by atomic mass is 16.7. The molecule has 2 aromatic rings. The Bertz CT molecular complexity index is 892. The van der Waals surface area contributed by atoms with Gasteiger partial charge >= 0.3 is 0 Å². The Labute approximate surface area is 145 Å². The van der Waals surface area contributed by atoms with Crippen molar-refractivity contribution >= 4 is 0 Å². The van der Waals surface area contributed by atoms with Gasteiger partial charge in [-0.05, 0) is 35.4 Å². The number of quaternary nitrogens is 1. The number of phenols is 1. The first-order valence-electron chi connectivity index (χ1n) is 8.38. The van der Waals surface area contributed by atoms with Crippen LogP contribution in [0.25, 0.3) is 0 Å². The molecule has 6 heteroatoms. The number of fused-ring (bicyclic) bond motifs is 7. The van der Waals surface area contributed by atoms with Crippen molar-refractivity contribution in [3.05, 3.63) is 51.7 Å². The van der Waals surface area contributed by atoms with E-state index >= 15 is 0 Å². The summed E-state index contributed by atoms with van der Waals surface area (Å²) >= 11 is 0. The molecule has 0 saturated heterocycles. The molecule has 2 aromatic carbocycles. The molecule has 0 unspecified atom stereocenters. The first-order chi connectivity index (χ1) is 12.0. The molecule has 0 spiro atoms. The zero-order chi connectivity index (χ0) is 17.3. The van der Waals surface area contributed by atoms with Gasteiger partial charge in [0, 0.05) is 24.0 Å². The van der Waals surface area contributed by atoms with Crippen LogP contribution in [0.15, 0.2) is 24.3 Å². The van der Waals surface area contributed by atoms with E-state index < -0.39 is 0 Å². The first-order valence-corrected chi connectivity index (χ1v) is 8.38. The van der Waals surface area contributed by atoms with E-state index in [1.807, 2.05) is 18.2 Å². The molecule has 130 valence electrons. The van der Waals surface area contributed by atoms with Crippen LogP contribution in [0.5, 0.6) is 23.0 Å². The summed E-state index contributed by atoms with van der Waals surface area (Å²) in [5.74, 6) is 1.99. The van der Waals surface area contributed by atoms with Gasteiger partial charge in [-0.2, -0.15) is 0 Å². The summed E-state index contributed by atoms with van der Waals surface area (Å²) in [5.41, 5.74) is 4.15. The summed E-state index contributed by atoms with van der Waals surface area (Å²) in [6.45, 7) is 0.223. The SMILES string of the molecule is COc1cc2c(cc1O)C[C@H]1c3cc4c(cc3C[C@@H]2[N@+]1(C)[O-])OCO4. The molecule has 0 aromatic heterocycles. The van der Waals surface area contributed by atoms with Crippen LogP contribution in [0, 0.1) is 5.21 Å². The highest BCUT2D eigenvalue weighted by molar-refractivity contribution is 5.54. The molecular weight excluding hydrogens is 322 g/mol. The summed E-state index contributed by atoms with van der Waals surface area (Å²) < 4.78 is 15.9. The molecule has 3 atom stereocenters. The van der Waals surface area contributed by atoms with Gasteiger partial charge in [0.15, 0.2) is 23.0 Å². The van der Waals surface area contributed by atoms with Gasteiger partial charge in [0.25, 0.3) is 0 Å². The molecule has 0 amide bonds. The van der Waals surface area contributed by atoms with E-state index in [1.165, 1.54) is 7.11 Å². The summed E-state index contributed by atoms with van der Waals surface area (Å²) in [5, 5.41) is 23.7. The Kier molecular flexibility index (Phi) is 2.86. The van der Waals surface area contributed by atoms with Crippen molar-refractivity contribution < 1.29 is 24.0 Å². The maximum absolute atomic E-state index is 13.5. The van der Waals surface area contributed by atoms with Crippen LogP contribution >= 0.6 is 0 Å². The van der Waals surface area contributed by atoms with Crippen LogP contribution in [0.3, 0.4) is 0 Å². The quantitative estimate of drug-likeness (QED) is 0.638. The lowest BCUT2D eigenvalue weighted by molar-refractivity contribution is -0.927. The van der Waals surface area contributed by atoms with Crippen LogP contribution < -0.4 is 14.2 Å². The van der Waals surface area contributed by atoms with Crippen LogP contribution in [-0.4, -0.2) is 30.7 Å². The third-order valence-corrected chi connectivity index (χ3v) is 5.86. The van der Waals surface area contributed by atoms with Gasteiger partial charge in [0.05, 0.1) is 14.2 Å². The lowest BCUT2D eigenvalue weighted by Crippen LogP contribution is -2.52. The zero-order valence-corrected chi connectivity index (χ0v) is 14.1. The lowest BCUT2D eigenvalue weighted by Gasteiger charge is -2.57. The van der Waals surface area contributed by atoms with Gasteiger partial charge < -0.3 is 29.2 Å². The van der Waals surface area contributed by atoms with Crippen molar-refractivity contribution in [1.82, 2.24) is 0 Å². The Morgan fingerprint density at radius 1 is 1.04 bits per heavy atom. The van der Waals surface area contributed by atoms with Gasteiger partial charge in [-0.1, -0.05) is 0 Å².